The number of nitrogens with zero attached hydrogens (tertiary/aromatic N) is 5. The van der Waals surface area contributed by atoms with Gasteiger partial charge >= 0.3 is 6.09 Å². The molecule has 1 amide bonds. The van der Waals surface area contributed by atoms with Crippen molar-refractivity contribution >= 4 is 22.8 Å². The minimum Gasteiger partial charge on any atom is -0.493 e. The number of nitrogens with one attached hydrogen (secondary N) is 1. The molecule has 0 bridgehead atoms. The van der Waals surface area contributed by atoms with E-state index >= 15 is 0 Å². The zero-order chi connectivity index (χ0) is 25.1. The Balaban J connectivity index is 1.65. The van der Waals surface area contributed by atoms with Gasteiger partial charge in [-0.2, -0.15) is 5.26 Å². The molecule has 3 aromatic rings. The second-order valence-electron chi connectivity index (χ2n) is 8.56. The molecule has 1 aromatic heterocycles. The molecule has 2 aromatic carbocycles. The average molecular weight is 479 g/mol. The standard InChI is InChI=1S/C25H27FN6O3/c1-15-14-31(3)8-9-32(15)25(33)35-22-10-19-20(11-21(22)34-4)29-16(2)30-24(19)28-13-18-7-5-6-17(12-27)23(18)26/h5-7,10-11,15H,8-9,13-14H2,1-4H3,(H,28,29,30). The number of likely N-dealkylation sites (N-methyl/N-ethyl adjacent to an activating group) is 1. The van der Waals surface area contributed by atoms with Gasteiger partial charge in [0, 0.05) is 49.2 Å². The van der Waals surface area contributed by atoms with E-state index in [2.05, 4.69) is 20.2 Å². The Bertz CT molecular complexity index is 1310. The molecule has 4 rings (SSSR count). The average Bonchev–Trinajstić information content (AvgIpc) is 2.83. The van der Waals surface area contributed by atoms with Gasteiger partial charge in [0.25, 0.3) is 0 Å². The number of anilines is 1. The Labute approximate surface area is 203 Å². The van der Waals surface area contributed by atoms with Crippen LogP contribution < -0.4 is 14.8 Å². The van der Waals surface area contributed by atoms with E-state index in [1.165, 1.54) is 13.2 Å². The first-order chi connectivity index (χ1) is 16.8. The SMILES string of the molecule is COc1cc2nc(C)nc(NCc3cccc(C#N)c3F)c2cc1OC(=O)N1CCN(C)CC1C. The second-order valence-corrected chi connectivity index (χ2v) is 8.56. The number of halogens is 1. The fourth-order valence-corrected chi connectivity index (χ4v) is 4.17. The maximum Gasteiger partial charge on any atom is 0.415 e. The molecule has 0 radical (unpaired) electrons. The van der Waals surface area contributed by atoms with E-state index in [4.69, 9.17) is 14.7 Å². The third-order valence-corrected chi connectivity index (χ3v) is 6.00. The first kappa shape index (κ1) is 24.2. The third kappa shape index (κ3) is 5.10. The van der Waals surface area contributed by atoms with Crippen LogP contribution in [0.4, 0.5) is 15.0 Å². The van der Waals surface area contributed by atoms with Gasteiger partial charge in [-0.1, -0.05) is 12.1 Å². The lowest BCUT2D eigenvalue weighted by Crippen LogP contribution is -2.53. The molecule has 10 heteroatoms. The summed E-state index contributed by atoms with van der Waals surface area (Å²) in [4.78, 5) is 25.7. The van der Waals surface area contributed by atoms with Crippen LogP contribution in [-0.2, 0) is 6.54 Å². The van der Waals surface area contributed by atoms with E-state index in [0.717, 1.165) is 13.1 Å². The molecule has 2 heterocycles. The molecule has 9 nitrogen and oxygen atoms in total. The molecule has 1 N–H and O–H groups in total. The van der Waals surface area contributed by atoms with E-state index in [1.54, 1.807) is 36.1 Å². The van der Waals surface area contributed by atoms with E-state index < -0.39 is 11.9 Å². The Kier molecular flexibility index (Phi) is 6.98. The number of benzene rings is 2. The molecule has 35 heavy (non-hydrogen) atoms. The van der Waals surface area contributed by atoms with Crippen LogP contribution in [0.25, 0.3) is 10.9 Å². The van der Waals surface area contributed by atoms with Gasteiger partial charge in [-0.3, -0.25) is 0 Å². The predicted molar refractivity (Wildman–Crippen MR) is 129 cm³/mol. The summed E-state index contributed by atoms with van der Waals surface area (Å²) in [5.74, 6) is 0.982. The van der Waals surface area contributed by atoms with Crippen LogP contribution in [0.3, 0.4) is 0 Å². The molecule has 1 saturated heterocycles. The van der Waals surface area contributed by atoms with Crippen molar-refractivity contribution in [2.24, 2.45) is 0 Å². The Morgan fingerprint density at radius 2 is 2.09 bits per heavy atom. The monoisotopic (exact) mass is 478 g/mol. The van der Waals surface area contributed by atoms with Crippen LogP contribution >= 0.6 is 0 Å². The summed E-state index contributed by atoms with van der Waals surface area (Å²) in [6.07, 6.45) is -0.457. The molecule has 182 valence electrons. The highest BCUT2D eigenvalue weighted by Gasteiger charge is 2.28. The quantitative estimate of drug-likeness (QED) is 0.592. The molecular formula is C25H27FN6O3. The van der Waals surface area contributed by atoms with Crippen LogP contribution in [-0.4, -0.2) is 65.7 Å². The maximum absolute atomic E-state index is 14.5. The second kappa shape index (κ2) is 10.1. The van der Waals surface area contributed by atoms with Crippen molar-refractivity contribution < 1.29 is 18.7 Å². The van der Waals surface area contributed by atoms with Crippen molar-refractivity contribution in [2.75, 3.05) is 39.1 Å². The highest BCUT2D eigenvalue weighted by atomic mass is 19.1. The van der Waals surface area contributed by atoms with Gasteiger partial charge in [-0.05, 0) is 33.0 Å². The number of aryl methyl sites for hydroxylation is 1. The molecule has 1 fully saturated rings. The summed E-state index contributed by atoms with van der Waals surface area (Å²) >= 11 is 0. The number of carbonyl (C=O) groups is 1. The molecule has 0 saturated carbocycles. The molecular weight excluding hydrogens is 451 g/mol. The molecule has 1 aliphatic heterocycles. The Morgan fingerprint density at radius 3 is 2.80 bits per heavy atom. The lowest BCUT2D eigenvalue weighted by molar-refractivity contribution is 0.0886. The minimum absolute atomic E-state index is 0.00924. The Hall–Kier alpha value is -3.97. The van der Waals surface area contributed by atoms with E-state index in [0.29, 0.717) is 40.4 Å². The highest BCUT2D eigenvalue weighted by molar-refractivity contribution is 5.92. The van der Waals surface area contributed by atoms with E-state index in [9.17, 15) is 9.18 Å². The van der Waals surface area contributed by atoms with Gasteiger partial charge < -0.3 is 24.6 Å². The van der Waals surface area contributed by atoms with Crippen molar-refractivity contribution in [3.63, 3.8) is 0 Å². The molecule has 0 spiro atoms. The van der Waals surface area contributed by atoms with Gasteiger partial charge in [0.05, 0.1) is 18.2 Å². The van der Waals surface area contributed by atoms with Gasteiger partial charge in [0.1, 0.15) is 23.5 Å². The zero-order valence-electron chi connectivity index (χ0n) is 20.1. The smallest absolute Gasteiger partial charge is 0.415 e. The summed E-state index contributed by atoms with van der Waals surface area (Å²) in [5.41, 5.74) is 0.888. The largest absolute Gasteiger partial charge is 0.493 e. The topological polar surface area (TPSA) is 104 Å². The molecule has 1 aliphatic rings. The van der Waals surface area contributed by atoms with Crippen molar-refractivity contribution in [1.82, 2.24) is 19.8 Å². The molecule has 1 unspecified atom stereocenters. The third-order valence-electron chi connectivity index (χ3n) is 6.00. The van der Waals surface area contributed by atoms with Crippen LogP contribution in [0.2, 0.25) is 0 Å². The van der Waals surface area contributed by atoms with E-state index in [1.807, 2.05) is 20.0 Å². The summed E-state index contributed by atoms with van der Waals surface area (Å²) in [6.45, 7) is 5.92. The van der Waals surface area contributed by atoms with Crippen molar-refractivity contribution in [3.05, 3.63) is 53.1 Å². The summed E-state index contributed by atoms with van der Waals surface area (Å²) in [5, 5.41) is 12.8. The van der Waals surface area contributed by atoms with Crippen LogP contribution in [0.15, 0.2) is 30.3 Å². The van der Waals surface area contributed by atoms with E-state index in [-0.39, 0.29) is 23.9 Å². The fraction of sp³-hybridized carbons (Fsp3) is 0.360. The van der Waals surface area contributed by atoms with Crippen LogP contribution in [0.5, 0.6) is 11.5 Å². The number of rotatable bonds is 5. The first-order valence-electron chi connectivity index (χ1n) is 11.3. The number of aromatic nitrogens is 2. The van der Waals surface area contributed by atoms with Gasteiger partial charge in [-0.25, -0.2) is 19.2 Å². The Morgan fingerprint density at radius 1 is 1.29 bits per heavy atom. The predicted octanol–water partition coefficient (Wildman–Crippen LogP) is 3.70. The fourth-order valence-electron chi connectivity index (χ4n) is 4.17. The first-order valence-corrected chi connectivity index (χ1v) is 11.3. The summed E-state index contributed by atoms with van der Waals surface area (Å²) < 4.78 is 25.8. The number of methoxy groups -OCH3 is 1. The number of nitriles is 1. The van der Waals surface area contributed by atoms with Gasteiger partial charge in [-0.15, -0.1) is 0 Å². The van der Waals surface area contributed by atoms with Crippen molar-refractivity contribution in [3.8, 4) is 17.6 Å². The van der Waals surface area contributed by atoms with Gasteiger partial charge in [0.2, 0.25) is 0 Å². The number of piperazine rings is 1. The minimum atomic E-state index is -0.574. The number of hydrogen-bond donors (Lipinski definition) is 1. The lowest BCUT2D eigenvalue weighted by atomic mass is 10.1. The number of hydrogen-bond acceptors (Lipinski definition) is 8. The van der Waals surface area contributed by atoms with Crippen LogP contribution in [0, 0.1) is 24.1 Å². The van der Waals surface area contributed by atoms with Crippen LogP contribution in [0.1, 0.15) is 23.9 Å². The zero-order valence-corrected chi connectivity index (χ0v) is 20.1. The molecule has 1 atom stereocenters. The molecule has 0 aliphatic carbocycles. The normalized spacial score (nSPS) is 16.1. The van der Waals surface area contributed by atoms with Gasteiger partial charge in [0.15, 0.2) is 11.5 Å². The highest BCUT2D eigenvalue weighted by Crippen LogP contribution is 2.35. The maximum atomic E-state index is 14.5. The van der Waals surface area contributed by atoms with Crippen molar-refractivity contribution in [1.29, 1.82) is 5.26 Å². The lowest BCUT2D eigenvalue weighted by Gasteiger charge is -2.37. The summed E-state index contributed by atoms with van der Waals surface area (Å²) in [7, 11) is 3.51. The number of amides is 1. The number of ether oxygens (including phenoxy) is 2. The number of carbonyl (C=O) groups excluding carboxylic acids is 1. The van der Waals surface area contributed by atoms with Crippen molar-refractivity contribution in [2.45, 2.75) is 26.4 Å². The number of fused-ring (bicyclic) bond motifs is 1. The summed E-state index contributed by atoms with van der Waals surface area (Å²) in [6, 6.07) is 9.85.